The molecule has 1 aliphatic rings. The maximum atomic E-state index is 15.5. The van der Waals surface area contributed by atoms with E-state index in [1.54, 1.807) is 12.1 Å². The van der Waals surface area contributed by atoms with Gasteiger partial charge < -0.3 is 9.84 Å². The lowest BCUT2D eigenvalue weighted by Crippen LogP contribution is -2.16. The van der Waals surface area contributed by atoms with E-state index >= 15 is 4.39 Å². The molecule has 0 aromatic heterocycles. The van der Waals surface area contributed by atoms with Gasteiger partial charge in [0.15, 0.2) is 5.82 Å². The van der Waals surface area contributed by atoms with Crippen LogP contribution in [0, 0.1) is 11.7 Å². The Morgan fingerprint density at radius 1 is 1.09 bits per heavy atom. The highest BCUT2D eigenvalue weighted by Gasteiger charge is 2.24. The van der Waals surface area contributed by atoms with Crippen molar-refractivity contribution < 1.29 is 27.4 Å². The van der Waals surface area contributed by atoms with Crippen LogP contribution in [0.5, 0.6) is 5.75 Å². The van der Waals surface area contributed by atoms with Gasteiger partial charge in [0.2, 0.25) is 0 Å². The molecule has 3 aromatic rings. The standard InChI is InChI=1S/C27H26FNO5S/c1-17-6-8-18(9-7-17)19-10-12-20(13-11-19)22-4-3-5-25(26(22)28)35(32,33)29-23-15-14-21(27(30)31)16-24(23)34-2/h3-5,8,10-17,29H,6-7,9H2,1-2H3,(H,30,31). The highest BCUT2D eigenvalue weighted by Crippen LogP contribution is 2.34. The number of allylic oxidation sites excluding steroid dienone is 2. The van der Waals surface area contributed by atoms with E-state index in [9.17, 15) is 13.2 Å². The maximum absolute atomic E-state index is 15.5. The average molecular weight is 496 g/mol. The minimum Gasteiger partial charge on any atom is -0.495 e. The molecule has 0 saturated carbocycles. The molecule has 2 N–H and O–H groups in total. The number of rotatable bonds is 7. The minimum absolute atomic E-state index is 0.00160. The first kappa shape index (κ1) is 24.5. The number of hydrogen-bond donors (Lipinski definition) is 2. The predicted octanol–water partition coefficient (Wildman–Crippen LogP) is 6.20. The van der Waals surface area contributed by atoms with Crippen LogP contribution in [0.3, 0.4) is 0 Å². The Morgan fingerprint density at radius 3 is 2.43 bits per heavy atom. The van der Waals surface area contributed by atoms with Crippen molar-refractivity contribution in [3.05, 3.63) is 83.7 Å². The molecule has 0 spiro atoms. The van der Waals surface area contributed by atoms with Gasteiger partial charge in [-0.3, -0.25) is 4.72 Å². The van der Waals surface area contributed by atoms with Crippen molar-refractivity contribution in [2.24, 2.45) is 5.92 Å². The number of nitrogens with one attached hydrogen (secondary N) is 1. The SMILES string of the molecule is COc1cc(C(=O)O)ccc1NS(=O)(=O)c1cccc(-c2ccc(C3=CCC(C)CC3)cc2)c1F. The molecule has 3 aromatic carbocycles. The molecule has 4 rings (SSSR count). The van der Waals surface area contributed by atoms with Gasteiger partial charge in [-0.2, -0.15) is 0 Å². The van der Waals surface area contributed by atoms with Crippen LogP contribution in [0.25, 0.3) is 16.7 Å². The number of halogens is 1. The number of carbonyl (C=O) groups is 1. The summed E-state index contributed by atoms with van der Waals surface area (Å²) in [4.78, 5) is 10.7. The van der Waals surface area contributed by atoms with Gasteiger partial charge in [0.25, 0.3) is 10.0 Å². The van der Waals surface area contributed by atoms with Gasteiger partial charge in [-0.1, -0.05) is 49.4 Å². The molecule has 0 bridgehead atoms. The van der Waals surface area contributed by atoms with Gasteiger partial charge >= 0.3 is 5.97 Å². The molecule has 6 nitrogen and oxygen atoms in total. The van der Waals surface area contributed by atoms with Gasteiger partial charge in [-0.05, 0) is 66.1 Å². The lowest BCUT2D eigenvalue weighted by molar-refractivity contribution is 0.0696. The number of methoxy groups -OCH3 is 1. The fourth-order valence-electron chi connectivity index (χ4n) is 4.14. The van der Waals surface area contributed by atoms with Gasteiger partial charge in [0, 0.05) is 5.56 Å². The Kier molecular flexibility index (Phi) is 6.93. The van der Waals surface area contributed by atoms with Gasteiger partial charge in [-0.25, -0.2) is 17.6 Å². The van der Waals surface area contributed by atoms with E-state index in [1.165, 1.54) is 49.1 Å². The smallest absolute Gasteiger partial charge is 0.335 e. The first-order valence-electron chi connectivity index (χ1n) is 11.2. The average Bonchev–Trinajstić information content (AvgIpc) is 2.84. The van der Waals surface area contributed by atoms with E-state index < -0.39 is 26.7 Å². The number of anilines is 1. The third-order valence-corrected chi connectivity index (χ3v) is 7.57. The second kappa shape index (κ2) is 9.92. The number of hydrogen-bond acceptors (Lipinski definition) is 4. The number of benzene rings is 3. The second-order valence-corrected chi connectivity index (χ2v) is 10.3. The molecular formula is C27H26FNO5S. The molecule has 35 heavy (non-hydrogen) atoms. The molecule has 0 heterocycles. The molecule has 1 unspecified atom stereocenters. The lowest BCUT2D eigenvalue weighted by atomic mass is 9.87. The van der Waals surface area contributed by atoms with Crippen LogP contribution in [0.4, 0.5) is 10.1 Å². The Morgan fingerprint density at radius 2 is 1.80 bits per heavy atom. The number of carboxylic acid groups (broad SMARTS) is 1. The van der Waals surface area contributed by atoms with Crippen molar-refractivity contribution >= 4 is 27.3 Å². The normalized spacial score (nSPS) is 15.9. The molecule has 0 aliphatic heterocycles. The highest BCUT2D eigenvalue weighted by atomic mass is 32.2. The molecular weight excluding hydrogens is 469 g/mol. The molecule has 0 saturated heterocycles. The van der Waals surface area contributed by atoms with E-state index in [2.05, 4.69) is 17.7 Å². The summed E-state index contributed by atoms with van der Waals surface area (Å²) < 4.78 is 49.0. The third-order valence-electron chi connectivity index (χ3n) is 6.19. The van der Waals surface area contributed by atoms with E-state index in [0.29, 0.717) is 11.5 Å². The highest BCUT2D eigenvalue weighted by molar-refractivity contribution is 7.92. The van der Waals surface area contributed by atoms with Crippen LogP contribution in [-0.2, 0) is 10.0 Å². The van der Waals surface area contributed by atoms with Crippen molar-refractivity contribution in [1.82, 2.24) is 0 Å². The van der Waals surface area contributed by atoms with Crippen LogP contribution in [0.2, 0.25) is 0 Å². The van der Waals surface area contributed by atoms with E-state index in [4.69, 9.17) is 9.84 Å². The summed E-state index contributed by atoms with van der Waals surface area (Å²) in [5.74, 6) is -1.37. The fourth-order valence-corrected chi connectivity index (χ4v) is 5.31. The summed E-state index contributed by atoms with van der Waals surface area (Å²) in [7, 11) is -3.05. The van der Waals surface area contributed by atoms with Crippen LogP contribution in [-0.4, -0.2) is 26.6 Å². The predicted molar refractivity (Wildman–Crippen MR) is 134 cm³/mol. The summed E-state index contributed by atoms with van der Waals surface area (Å²) in [5, 5.41) is 9.14. The van der Waals surface area contributed by atoms with Crippen molar-refractivity contribution in [2.75, 3.05) is 11.8 Å². The van der Waals surface area contributed by atoms with Gasteiger partial charge in [0.05, 0.1) is 18.4 Å². The first-order chi connectivity index (χ1) is 16.7. The summed E-state index contributed by atoms with van der Waals surface area (Å²) >= 11 is 0. The van der Waals surface area contributed by atoms with Gasteiger partial charge in [0.1, 0.15) is 10.6 Å². The maximum Gasteiger partial charge on any atom is 0.335 e. The van der Waals surface area contributed by atoms with E-state index in [0.717, 1.165) is 24.8 Å². The number of aromatic carboxylic acids is 1. The Balaban J connectivity index is 1.63. The monoisotopic (exact) mass is 495 g/mol. The number of ether oxygens (including phenoxy) is 1. The van der Waals surface area contributed by atoms with E-state index in [-0.39, 0.29) is 22.6 Å². The first-order valence-corrected chi connectivity index (χ1v) is 12.7. The van der Waals surface area contributed by atoms with Crippen molar-refractivity contribution in [3.8, 4) is 16.9 Å². The zero-order valence-corrected chi connectivity index (χ0v) is 20.2. The van der Waals surface area contributed by atoms with E-state index in [1.807, 2.05) is 12.1 Å². The molecule has 0 fully saturated rings. The topological polar surface area (TPSA) is 92.7 Å². The zero-order chi connectivity index (χ0) is 25.2. The molecule has 1 atom stereocenters. The summed E-state index contributed by atoms with van der Waals surface area (Å²) in [6.45, 7) is 2.23. The molecule has 8 heteroatoms. The van der Waals surface area contributed by atoms with Crippen molar-refractivity contribution in [1.29, 1.82) is 0 Å². The van der Waals surface area contributed by atoms with Gasteiger partial charge in [-0.15, -0.1) is 0 Å². The number of sulfonamides is 1. The quantitative estimate of drug-likeness (QED) is 0.407. The molecule has 182 valence electrons. The fraction of sp³-hybridized carbons (Fsp3) is 0.222. The van der Waals surface area contributed by atoms with Crippen molar-refractivity contribution in [2.45, 2.75) is 31.1 Å². The summed E-state index contributed by atoms with van der Waals surface area (Å²) in [6, 6.07) is 15.4. The van der Waals surface area contributed by atoms with Crippen LogP contribution >= 0.6 is 0 Å². The Labute approximate surface area is 204 Å². The van der Waals surface area contributed by atoms with Crippen LogP contribution in [0.1, 0.15) is 42.1 Å². The second-order valence-electron chi connectivity index (χ2n) is 8.63. The molecule has 1 aliphatic carbocycles. The molecule has 0 amide bonds. The van der Waals surface area contributed by atoms with Crippen LogP contribution < -0.4 is 9.46 Å². The Bertz CT molecular complexity index is 1400. The minimum atomic E-state index is -4.33. The third kappa shape index (κ3) is 5.22. The zero-order valence-electron chi connectivity index (χ0n) is 19.4. The summed E-state index contributed by atoms with van der Waals surface area (Å²) in [6.07, 6.45) is 5.44. The Hall–Kier alpha value is -3.65. The lowest BCUT2D eigenvalue weighted by Gasteiger charge is -2.18. The largest absolute Gasteiger partial charge is 0.495 e. The van der Waals surface area contributed by atoms with Crippen molar-refractivity contribution in [3.63, 3.8) is 0 Å². The molecule has 0 radical (unpaired) electrons. The number of carboxylic acids is 1. The summed E-state index contributed by atoms with van der Waals surface area (Å²) in [5.41, 5.74) is 3.03. The van der Waals surface area contributed by atoms with Crippen LogP contribution in [0.15, 0.2) is 71.6 Å².